The van der Waals surface area contributed by atoms with Crippen molar-refractivity contribution < 1.29 is 4.74 Å². The summed E-state index contributed by atoms with van der Waals surface area (Å²) in [5.74, 6) is 0. The lowest BCUT2D eigenvalue weighted by Crippen LogP contribution is -2.32. The van der Waals surface area contributed by atoms with Gasteiger partial charge in [-0.15, -0.1) is 11.3 Å². The molecule has 0 aliphatic rings. The van der Waals surface area contributed by atoms with E-state index in [1.807, 2.05) is 11.6 Å². The summed E-state index contributed by atoms with van der Waals surface area (Å²) in [6.45, 7) is 4.95. The van der Waals surface area contributed by atoms with E-state index in [0.29, 0.717) is 12.1 Å². The second-order valence-electron chi connectivity index (χ2n) is 3.12. The van der Waals surface area contributed by atoms with E-state index in [2.05, 4.69) is 24.1 Å². The highest BCUT2D eigenvalue weighted by molar-refractivity contribution is 7.09. The predicted octanol–water partition coefficient (Wildman–Crippen LogP) is 1.83. The third-order valence-electron chi connectivity index (χ3n) is 1.77. The van der Waals surface area contributed by atoms with Crippen LogP contribution in [-0.2, 0) is 4.74 Å². The van der Waals surface area contributed by atoms with Crippen molar-refractivity contribution in [3.8, 4) is 0 Å². The molecule has 0 fully saturated rings. The van der Waals surface area contributed by atoms with E-state index in [-0.39, 0.29) is 0 Å². The minimum atomic E-state index is 0.310. The first-order chi connectivity index (χ1) is 6.24. The fourth-order valence-electron chi connectivity index (χ4n) is 1.24. The van der Waals surface area contributed by atoms with Crippen molar-refractivity contribution in [2.24, 2.45) is 0 Å². The van der Waals surface area contributed by atoms with Gasteiger partial charge in [-0.1, -0.05) is 0 Å². The Hall–Kier alpha value is -0.450. The fourth-order valence-corrected chi connectivity index (χ4v) is 1.90. The molecular weight excluding hydrogens is 184 g/mol. The van der Waals surface area contributed by atoms with Gasteiger partial charge in [0.25, 0.3) is 0 Å². The molecule has 0 saturated heterocycles. The molecule has 0 bridgehead atoms. The lowest BCUT2D eigenvalue weighted by atomic mass is 10.3. The van der Waals surface area contributed by atoms with Crippen LogP contribution in [0.3, 0.4) is 0 Å². The molecule has 1 aromatic heterocycles. The van der Waals surface area contributed by atoms with Crippen LogP contribution in [0.25, 0.3) is 0 Å². The molecule has 74 valence electrons. The quantitative estimate of drug-likeness (QED) is 0.787. The highest BCUT2D eigenvalue weighted by atomic mass is 32.1. The van der Waals surface area contributed by atoms with Crippen LogP contribution in [0, 0.1) is 0 Å². The second-order valence-corrected chi connectivity index (χ2v) is 4.04. The second kappa shape index (κ2) is 5.32. The van der Waals surface area contributed by atoms with Crippen molar-refractivity contribution in [2.45, 2.75) is 25.9 Å². The Kier molecular flexibility index (Phi) is 4.35. The van der Waals surface area contributed by atoms with E-state index in [9.17, 15) is 0 Å². The normalized spacial score (nSPS) is 15.6. The number of rotatable bonds is 5. The van der Waals surface area contributed by atoms with Crippen LogP contribution in [0.5, 0.6) is 0 Å². The van der Waals surface area contributed by atoms with Gasteiger partial charge in [0.2, 0.25) is 0 Å². The van der Waals surface area contributed by atoms with Gasteiger partial charge in [0, 0.05) is 24.7 Å². The molecule has 0 spiro atoms. The van der Waals surface area contributed by atoms with Gasteiger partial charge in [0.1, 0.15) is 5.01 Å². The Labute approximate surface area is 83.1 Å². The summed E-state index contributed by atoms with van der Waals surface area (Å²) < 4.78 is 5.04. The third kappa shape index (κ3) is 3.42. The number of methoxy groups -OCH3 is 1. The van der Waals surface area contributed by atoms with E-state index in [1.165, 1.54) is 0 Å². The maximum atomic E-state index is 5.04. The number of hydrogen-bond acceptors (Lipinski definition) is 4. The third-order valence-corrected chi connectivity index (χ3v) is 2.73. The first kappa shape index (κ1) is 10.6. The van der Waals surface area contributed by atoms with Gasteiger partial charge in [-0.05, 0) is 13.8 Å². The first-order valence-corrected chi connectivity index (χ1v) is 5.26. The van der Waals surface area contributed by atoms with Crippen molar-refractivity contribution >= 4 is 11.3 Å². The lowest BCUT2D eigenvalue weighted by molar-refractivity contribution is 0.167. The molecule has 0 amide bonds. The van der Waals surface area contributed by atoms with E-state index < -0.39 is 0 Å². The van der Waals surface area contributed by atoms with Crippen LogP contribution in [0.15, 0.2) is 11.6 Å². The molecule has 1 heterocycles. The van der Waals surface area contributed by atoms with Crippen LogP contribution in [-0.4, -0.2) is 24.7 Å². The Morgan fingerprint density at radius 1 is 1.62 bits per heavy atom. The monoisotopic (exact) mass is 200 g/mol. The number of ether oxygens (including phenoxy) is 1. The van der Waals surface area contributed by atoms with Crippen LogP contribution >= 0.6 is 11.3 Å². The maximum Gasteiger partial charge on any atom is 0.109 e. The molecule has 0 unspecified atom stereocenters. The number of nitrogens with zero attached hydrogens (tertiary/aromatic N) is 1. The maximum absolute atomic E-state index is 5.04. The summed E-state index contributed by atoms with van der Waals surface area (Å²) >= 11 is 1.68. The molecule has 0 saturated carbocycles. The molecular formula is C9H16N2OS. The number of hydrogen-bond donors (Lipinski definition) is 1. The number of aromatic nitrogens is 1. The van der Waals surface area contributed by atoms with Crippen molar-refractivity contribution in [2.75, 3.05) is 13.7 Å². The van der Waals surface area contributed by atoms with E-state index in [0.717, 1.165) is 11.6 Å². The summed E-state index contributed by atoms with van der Waals surface area (Å²) in [4.78, 5) is 4.24. The summed E-state index contributed by atoms with van der Waals surface area (Å²) in [5, 5.41) is 6.53. The molecule has 0 aliphatic heterocycles. The zero-order valence-corrected chi connectivity index (χ0v) is 9.10. The molecule has 3 nitrogen and oxygen atoms in total. The summed E-state index contributed by atoms with van der Waals surface area (Å²) in [7, 11) is 1.71. The molecule has 2 atom stereocenters. The zero-order valence-electron chi connectivity index (χ0n) is 8.28. The average molecular weight is 200 g/mol. The van der Waals surface area contributed by atoms with Gasteiger partial charge in [-0.3, -0.25) is 0 Å². The van der Waals surface area contributed by atoms with Crippen LogP contribution in [0.4, 0.5) is 0 Å². The lowest BCUT2D eigenvalue weighted by Gasteiger charge is -2.17. The first-order valence-electron chi connectivity index (χ1n) is 4.38. The Morgan fingerprint density at radius 3 is 2.92 bits per heavy atom. The largest absolute Gasteiger partial charge is 0.383 e. The summed E-state index contributed by atoms with van der Waals surface area (Å²) in [6, 6.07) is 0.675. The molecule has 13 heavy (non-hydrogen) atoms. The fraction of sp³-hybridized carbons (Fsp3) is 0.667. The van der Waals surface area contributed by atoms with Crippen molar-refractivity contribution in [1.29, 1.82) is 0 Å². The van der Waals surface area contributed by atoms with E-state index in [1.54, 1.807) is 18.4 Å². The number of thiazole rings is 1. The van der Waals surface area contributed by atoms with Crippen LogP contribution < -0.4 is 5.32 Å². The highest BCUT2D eigenvalue weighted by Gasteiger charge is 2.10. The van der Waals surface area contributed by atoms with Crippen LogP contribution in [0.2, 0.25) is 0 Å². The van der Waals surface area contributed by atoms with Gasteiger partial charge in [0.05, 0.1) is 12.6 Å². The predicted molar refractivity (Wildman–Crippen MR) is 55.0 cm³/mol. The van der Waals surface area contributed by atoms with Gasteiger partial charge < -0.3 is 10.1 Å². The minimum Gasteiger partial charge on any atom is -0.383 e. The van der Waals surface area contributed by atoms with Gasteiger partial charge in [0.15, 0.2) is 0 Å². The molecule has 1 N–H and O–H groups in total. The van der Waals surface area contributed by atoms with E-state index >= 15 is 0 Å². The molecule has 0 radical (unpaired) electrons. The Bertz CT molecular complexity index is 226. The van der Waals surface area contributed by atoms with Crippen molar-refractivity contribution in [3.05, 3.63) is 16.6 Å². The summed E-state index contributed by atoms with van der Waals surface area (Å²) in [6.07, 6.45) is 1.83. The average Bonchev–Trinajstić information content (AvgIpc) is 2.55. The van der Waals surface area contributed by atoms with Crippen molar-refractivity contribution in [1.82, 2.24) is 10.3 Å². The van der Waals surface area contributed by atoms with Crippen LogP contribution in [0.1, 0.15) is 24.9 Å². The molecule has 1 rings (SSSR count). The summed E-state index contributed by atoms with van der Waals surface area (Å²) in [5.41, 5.74) is 0. The zero-order chi connectivity index (χ0) is 9.68. The highest BCUT2D eigenvalue weighted by Crippen LogP contribution is 2.14. The Morgan fingerprint density at radius 2 is 2.38 bits per heavy atom. The minimum absolute atomic E-state index is 0.310. The molecule has 0 aliphatic carbocycles. The molecule has 4 heteroatoms. The number of nitrogens with one attached hydrogen (secondary N) is 1. The molecule has 0 aromatic carbocycles. The Balaban J connectivity index is 2.37. The SMILES string of the molecule is COC[C@H](C)N[C@H](C)c1nccs1. The van der Waals surface area contributed by atoms with Gasteiger partial charge in [-0.2, -0.15) is 0 Å². The van der Waals surface area contributed by atoms with Gasteiger partial charge in [-0.25, -0.2) is 4.98 Å². The standard InChI is InChI=1S/C9H16N2OS/c1-7(6-12-3)11-8(2)9-10-4-5-13-9/h4-5,7-8,11H,6H2,1-3H3/t7-,8+/m0/s1. The smallest absolute Gasteiger partial charge is 0.109 e. The molecule has 1 aromatic rings. The van der Waals surface area contributed by atoms with Gasteiger partial charge >= 0.3 is 0 Å². The van der Waals surface area contributed by atoms with Crippen molar-refractivity contribution in [3.63, 3.8) is 0 Å². The van der Waals surface area contributed by atoms with E-state index in [4.69, 9.17) is 4.74 Å². The topological polar surface area (TPSA) is 34.1 Å².